The SMILES string of the molecule is Cc1cc(C)cc(NC(=O)COc2ccc(Br)cc2/C=N\NC(=O)C(=O)NCCCOC(C)C)c1. The van der Waals surface area contributed by atoms with Crippen LogP contribution in [0.3, 0.4) is 0 Å². The fraction of sp³-hybridized carbons (Fsp3) is 0.360. The molecule has 2 rings (SSSR count). The Labute approximate surface area is 213 Å². The van der Waals surface area contributed by atoms with Crippen LogP contribution < -0.4 is 20.8 Å². The summed E-state index contributed by atoms with van der Waals surface area (Å²) in [6, 6.07) is 10.9. The fourth-order valence-corrected chi connectivity index (χ4v) is 3.40. The first-order chi connectivity index (χ1) is 16.6. The topological polar surface area (TPSA) is 118 Å². The second-order valence-electron chi connectivity index (χ2n) is 8.12. The number of aryl methyl sites for hydroxylation is 2. The maximum atomic E-state index is 12.3. The summed E-state index contributed by atoms with van der Waals surface area (Å²) in [6.07, 6.45) is 2.04. The van der Waals surface area contributed by atoms with Crippen LogP contribution in [-0.2, 0) is 19.1 Å². The number of amides is 3. The molecule has 0 heterocycles. The molecule has 0 bridgehead atoms. The Morgan fingerprint density at radius 3 is 2.46 bits per heavy atom. The smallest absolute Gasteiger partial charge is 0.329 e. The van der Waals surface area contributed by atoms with Gasteiger partial charge >= 0.3 is 11.8 Å². The van der Waals surface area contributed by atoms with Crippen molar-refractivity contribution in [1.82, 2.24) is 10.7 Å². The fourth-order valence-electron chi connectivity index (χ4n) is 3.02. The van der Waals surface area contributed by atoms with Crippen molar-refractivity contribution in [3.8, 4) is 5.75 Å². The number of hydrogen-bond donors (Lipinski definition) is 3. The number of ether oxygens (including phenoxy) is 2. The van der Waals surface area contributed by atoms with Crippen LogP contribution in [0.5, 0.6) is 5.75 Å². The lowest BCUT2D eigenvalue weighted by molar-refractivity contribution is -0.139. The predicted octanol–water partition coefficient (Wildman–Crippen LogP) is 3.46. The molecular formula is C25H31BrN4O5. The van der Waals surface area contributed by atoms with Gasteiger partial charge in [-0.25, -0.2) is 5.43 Å². The number of benzene rings is 2. The maximum Gasteiger partial charge on any atom is 0.329 e. The van der Waals surface area contributed by atoms with E-state index in [-0.39, 0.29) is 18.6 Å². The number of halogens is 1. The number of hydrazone groups is 1. The van der Waals surface area contributed by atoms with Crippen molar-refractivity contribution in [3.63, 3.8) is 0 Å². The molecule has 10 heteroatoms. The molecule has 0 aliphatic heterocycles. The van der Waals surface area contributed by atoms with Crippen LogP contribution in [-0.4, -0.2) is 49.8 Å². The molecule has 0 aliphatic carbocycles. The average molecular weight is 547 g/mol. The van der Waals surface area contributed by atoms with Gasteiger partial charge in [0.15, 0.2) is 6.61 Å². The molecule has 3 N–H and O–H groups in total. The molecule has 0 spiro atoms. The standard InChI is InChI=1S/C25H31BrN4O5/c1-16(2)34-9-5-8-27-24(32)25(33)30-28-14-19-13-20(26)6-7-22(19)35-15-23(31)29-21-11-17(3)10-18(4)12-21/h6-7,10-14,16H,5,8-9,15H2,1-4H3,(H,27,32)(H,29,31)(H,30,33)/b28-14-. The molecule has 0 radical (unpaired) electrons. The third-order valence-corrected chi connectivity index (χ3v) is 4.96. The Balaban J connectivity index is 1.87. The van der Waals surface area contributed by atoms with E-state index in [1.165, 1.54) is 6.21 Å². The Morgan fingerprint density at radius 2 is 1.77 bits per heavy atom. The highest BCUT2D eigenvalue weighted by molar-refractivity contribution is 9.10. The number of carbonyl (C=O) groups excluding carboxylic acids is 3. The van der Waals surface area contributed by atoms with Crippen LogP contribution in [0.25, 0.3) is 0 Å². The van der Waals surface area contributed by atoms with E-state index < -0.39 is 11.8 Å². The Hall–Kier alpha value is -3.24. The summed E-state index contributed by atoms with van der Waals surface area (Å²) in [7, 11) is 0. The molecule has 0 saturated heterocycles. The molecule has 0 atom stereocenters. The molecule has 9 nitrogen and oxygen atoms in total. The Morgan fingerprint density at radius 1 is 1.06 bits per heavy atom. The summed E-state index contributed by atoms with van der Waals surface area (Å²) in [5.74, 6) is -1.61. The highest BCUT2D eigenvalue weighted by Crippen LogP contribution is 2.22. The van der Waals surface area contributed by atoms with Crippen LogP contribution in [0.15, 0.2) is 46.0 Å². The number of rotatable bonds is 11. The van der Waals surface area contributed by atoms with Crippen LogP contribution in [0.1, 0.15) is 37.0 Å². The minimum atomic E-state index is -0.892. The molecule has 35 heavy (non-hydrogen) atoms. The van der Waals surface area contributed by atoms with Crippen molar-refractivity contribution in [2.75, 3.05) is 25.1 Å². The second-order valence-corrected chi connectivity index (χ2v) is 9.04. The molecule has 0 aromatic heterocycles. The summed E-state index contributed by atoms with van der Waals surface area (Å²) < 4.78 is 11.8. The van der Waals surface area contributed by atoms with E-state index in [0.29, 0.717) is 36.6 Å². The molecular weight excluding hydrogens is 516 g/mol. The predicted molar refractivity (Wildman–Crippen MR) is 139 cm³/mol. The first-order valence-electron chi connectivity index (χ1n) is 11.2. The van der Waals surface area contributed by atoms with Crippen molar-refractivity contribution in [1.29, 1.82) is 0 Å². The normalized spacial score (nSPS) is 10.9. The first-order valence-corrected chi connectivity index (χ1v) is 12.0. The van der Waals surface area contributed by atoms with Gasteiger partial charge in [-0.2, -0.15) is 5.10 Å². The molecule has 0 saturated carbocycles. The van der Waals surface area contributed by atoms with Gasteiger partial charge < -0.3 is 20.1 Å². The molecule has 0 unspecified atom stereocenters. The van der Waals surface area contributed by atoms with Gasteiger partial charge in [0.2, 0.25) is 0 Å². The Bertz CT molecular complexity index is 1050. The van der Waals surface area contributed by atoms with E-state index >= 15 is 0 Å². The van der Waals surface area contributed by atoms with Crippen molar-refractivity contribution in [2.45, 2.75) is 40.2 Å². The quantitative estimate of drug-likeness (QED) is 0.172. The molecule has 0 fully saturated rings. The molecule has 188 valence electrons. The van der Waals surface area contributed by atoms with Gasteiger partial charge in [0.1, 0.15) is 5.75 Å². The lowest BCUT2D eigenvalue weighted by Crippen LogP contribution is -2.38. The minimum absolute atomic E-state index is 0.113. The van der Waals surface area contributed by atoms with E-state index in [9.17, 15) is 14.4 Å². The number of carbonyl (C=O) groups is 3. The van der Waals surface area contributed by atoms with E-state index in [0.717, 1.165) is 15.6 Å². The van der Waals surface area contributed by atoms with Gasteiger partial charge in [-0.1, -0.05) is 22.0 Å². The van der Waals surface area contributed by atoms with E-state index in [2.05, 4.69) is 37.1 Å². The summed E-state index contributed by atoms with van der Waals surface area (Å²) in [5, 5.41) is 9.15. The van der Waals surface area contributed by atoms with Crippen molar-refractivity contribution >= 4 is 45.6 Å². The lowest BCUT2D eigenvalue weighted by Gasteiger charge is -2.11. The van der Waals surface area contributed by atoms with E-state index in [4.69, 9.17) is 9.47 Å². The molecule has 3 amide bonds. The molecule has 2 aromatic carbocycles. The Kier molecular flexibility index (Phi) is 11.4. The van der Waals surface area contributed by atoms with E-state index in [1.54, 1.807) is 18.2 Å². The average Bonchev–Trinajstić information content (AvgIpc) is 2.77. The van der Waals surface area contributed by atoms with Gasteiger partial charge in [-0.15, -0.1) is 0 Å². The summed E-state index contributed by atoms with van der Waals surface area (Å²) in [4.78, 5) is 36.1. The lowest BCUT2D eigenvalue weighted by atomic mass is 10.1. The van der Waals surface area contributed by atoms with Crippen molar-refractivity contribution in [2.24, 2.45) is 5.10 Å². The zero-order valence-electron chi connectivity index (χ0n) is 20.3. The van der Waals surface area contributed by atoms with Crippen molar-refractivity contribution in [3.05, 3.63) is 57.6 Å². The second kappa shape index (κ2) is 14.2. The van der Waals surface area contributed by atoms with Gasteiger partial charge in [0.25, 0.3) is 5.91 Å². The number of nitrogens with one attached hydrogen (secondary N) is 3. The van der Waals surface area contributed by atoms with E-state index in [1.807, 2.05) is 45.9 Å². The first kappa shape index (κ1) is 28.0. The van der Waals surface area contributed by atoms with Gasteiger partial charge in [0, 0.05) is 28.9 Å². The largest absolute Gasteiger partial charge is 0.483 e. The monoisotopic (exact) mass is 546 g/mol. The zero-order valence-corrected chi connectivity index (χ0v) is 21.9. The van der Waals surface area contributed by atoms with Crippen LogP contribution in [0, 0.1) is 13.8 Å². The maximum absolute atomic E-state index is 12.3. The third-order valence-electron chi connectivity index (χ3n) is 4.47. The molecule has 0 aliphatic rings. The minimum Gasteiger partial charge on any atom is -0.483 e. The van der Waals surface area contributed by atoms with Gasteiger partial charge in [0.05, 0.1) is 12.3 Å². The summed E-state index contributed by atoms with van der Waals surface area (Å²) in [5.41, 5.74) is 5.47. The number of anilines is 1. The van der Waals surface area contributed by atoms with Gasteiger partial charge in [-0.3, -0.25) is 14.4 Å². The highest BCUT2D eigenvalue weighted by Gasteiger charge is 2.12. The molecule has 2 aromatic rings. The van der Waals surface area contributed by atoms with Crippen molar-refractivity contribution < 1.29 is 23.9 Å². The van der Waals surface area contributed by atoms with Crippen LogP contribution in [0.4, 0.5) is 5.69 Å². The zero-order chi connectivity index (χ0) is 25.8. The summed E-state index contributed by atoms with van der Waals surface area (Å²) in [6.45, 7) is 8.35. The number of hydrogen-bond acceptors (Lipinski definition) is 6. The highest BCUT2D eigenvalue weighted by atomic mass is 79.9. The van der Waals surface area contributed by atoms with Crippen LogP contribution in [0.2, 0.25) is 0 Å². The van der Waals surface area contributed by atoms with Crippen LogP contribution >= 0.6 is 15.9 Å². The van der Waals surface area contributed by atoms with Gasteiger partial charge in [-0.05, 0) is 75.6 Å². The summed E-state index contributed by atoms with van der Waals surface area (Å²) >= 11 is 3.37. The number of nitrogens with zero attached hydrogens (tertiary/aromatic N) is 1. The third kappa shape index (κ3) is 10.7.